The first kappa shape index (κ1) is 18.0. The molecule has 17 heavy (non-hydrogen) atoms. The van der Waals surface area contributed by atoms with E-state index < -0.39 is 33.7 Å². The summed E-state index contributed by atoms with van der Waals surface area (Å²) in [5, 5.41) is 0. The third kappa shape index (κ3) is 3.97. The molecule has 0 fully saturated rings. The summed E-state index contributed by atoms with van der Waals surface area (Å²) in [6.45, 7) is 0. The predicted octanol–water partition coefficient (Wildman–Crippen LogP) is 5.39. The lowest BCUT2D eigenvalue weighted by molar-refractivity contribution is 0.445. The minimum atomic E-state index is -4.82. The molecule has 0 rings (SSSR count). The maximum Gasteiger partial charge on any atom is 0.353 e. The molecule has 0 aromatic rings. The van der Waals surface area contributed by atoms with E-state index in [1.807, 2.05) is 0 Å². The lowest BCUT2D eigenvalue weighted by Gasteiger charge is -2.36. The molecule has 0 spiro atoms. The van der Waals surface area contributed by atoms with Crippen molar-refractivity contribution in [3.63, 3.8) is 0 Å². The van der Waals surface area contributed by atoms with Crippen molar-refractivity contribution in [2.24, 2.45) is 0 Å². The Bertz CT molecular complexity index is 251. The van der Waals surface area contributed by atoms with Crippen LogP contribution in [0.15, 0.2) is 0 Å². The Labute approximate surface area is 98.6 Å². The van der Waals surface area contributed by atoms with E-state index in [1.54, 1.807) is 0 Å². The van der Waals surface area contributed by atoms with Gasteiger partial charge in [0.15, 0.2) is 0 Å². The molecule has 14 heteroatoms. The number of hydrogen-bond donors (Lipinski definition) is 0. The predicted molar refractivity (Wildman–Crippen MR) is 58.3 cm³/mol. The van der Waals surface area contributed by atoms with Crippen LogP contribution in [0.4, 0.5) is 25.2 Å². The van der Waals surface area contributed by atoms with Gasteiger partial charge in [0.25, 0.3) is 0 Å². The molecule has 0 radical (unpaired) electrons. The molecule has 0 atom stereocenters. The van der Waals surface area contributed by atoms with Crippen molar-refractivity contribution in [1.29, 1.82) is 0 Å². The van der Waals surface area contributed by atoms with Crippen molar-refractivity contribution in [1.82, 2.24) is 13.3 Å². The van der Waals surface area contributed by atoms with Crippen LogP contribution in [0.2, 0.25) is 0 Å². The molecular formula is C3H9F6N3OP4. The van der Waals surface area contributed by atoms with Crippen molar-refractivity contribution >= 4 is 33.7 Å². The van der Waals surface area contributed by atoms with Crippen molar-refractivity contribution in [2.45, 2.75) is 0 Å². The van der Waals surface area contributed by atoms with Gasteiger partial charge in [0, 0.05) is 21.1 Å². The minimum Gasteiger partial charge on any atom is -0.269 e. The largest absolute Gasteiger partial charge is 0.353 e. The van der Waals surface area contributed by atoms with E-state index in [-0.39, 0.29) is 13.3 Å². The SMILES string of the molecule is CN(P(F)F)P(=O)(N(C)P(F)F)N(C)P(F)F. The third-order valence-corrected chi connectivity index (χ3v) is 8.68. The van der Waals surface area contributed by atoms with E-state index in [9.17, 15) is 29.7 Å². The molecule has 104 valence electrons. The highest BCUT2D eigenvalue weighted by molar-refractivity contribution is 7.77. The number of halogens is 6. The molecule has 0 saturated carbocycles. The van der Waals surface area contributed by atoms with Gasteiger partial charge in [0.05, 0.1) is 0 Å². The summed E-state index contributed by atoms with van der Waals surface area (Å²) < 4.78 is 86.2. The maximum atomic E-state index is 12.5. The van der Waals surface area contributed by atoms with E-state index in [1.165, 1.54) is 0 Å². The molecule has 0 aliphatic rings. The Balaban J connectivity index is 5.44. The van der Waals surface area contributed by atoms with E-state index in [0.29, 0.717) is 21.1 Å². The highest BCUT2D eigenvalue weighted by Gasteiger charge is 2.49. The standard InChI is InChI=1S/C3H9F6N3OP4/c1-10(14(4)5)17(13,11(2)15(6)7)12(3)16(8)9/h1-3H3. The summed E-state index contributed by atoms with van der Waals surface area (Å²) in [7, 11) is -15.2. The zero-order valence-electron chi connectivity index (χ0n) is 8.81. The van der Waals surface area contributed by atoms with Crippen LogP contribution in [0.1, 0.15) is 0 Å². The van der Waals surface area contributed by atoms with Crippen LogP contribution in [0.5, 0.6) is 0 Å². The first-order valence-electron chi connectivity index (χ1n) is 3.74. The highest BCUT2D eigenvalue weighted by Crippen LogP contribution is 2.76. The summed E-state index contributed by atoms with van der Waals surface area (Å²) in [4.78, 5) is 0. The van der Waals surface area contributed by atoms with E-state index >= 15 is 0 Å². The third-order valence-electron chi connectivity index (χ3n) is 1.79. The van der Waals surface area contributed by atoms with Gasteiger partial charge in [-0.2, -0.15) is 38.5 Å². The van der Waals surface area contributed by atoms with Crippen LogP contribution >= 0.6 is 33.7 Å². The molecule has 0 aromatic heterocycles. The second-order valence-corrected chi connectivity index (χ2v) is 9.49. The van der Waals surface area contributed by atoms with Crippen molar-refractivity contribution in [3.05, 3.63) is 0 Å². The Kier molecular flexibility index (Phi) is 7.35. The van der Waals surface area contributed by atoms with Crippen LogP contribution in [-0.4, -0.2) is 34.5 Å². The fraction of sp³-hybridized carbons (Fsp3) is 1.00. The van der Waals surface area contributed by atoms with Crippen LogP contribution in [0, 0.1) is 0 Å². The molecule has 0 heterocycles. The van der Waals surface area contributed by atoms with E-state index in [4.69, 9.17) is 0 Å². The average Bonchev–Trinajstić information content (AvgIpc) is 2.24. The summed E-state index contributed by atoms with van der Waals surface area (Å²) in [6.07, 6.45) is 0. The van der Waals surface area contributed by atoms with Crippen LogP contribution < -0.4 is 0 Å². The molecule has 0 aliphatic carbocycles. The van der Waals surface area contributed by atoms with Gasteiger partial charge in [0.2, 0.25) is 0 Å². The highest BCUT2D eigenvalue weighted by atomic mass is 31.3. The molecule has 0 unspecified atom stereocenters. The van der Waals surface area contributed by atoms with Crippen LogP contribution in [0.25, 0.3) is 0 Å². The molecule has 0 amide bonds. The smallest absolute Gasteiger partial charge is 0.269 e. The van der Waals surface area contributed by atoms with Gasteiger partial charge in [-0.05, 0) is 0 Å². The van der Waals surface area contributed by atoms with Crippen LogP contribution in [-0.2, 0) is 4.57 Å². The molecule has 4 nitrogen and oxygen atoms in total. The summed E-state index contributed by atoms with van der Waals surface area (Å²) in [5.41, 5.74) is 0. The zero-order valence-corrected chi connectivity index (χ0v) is 12.4. The van der Waals surface area contributed by atoms with Crippen LogP contribution in [0.3, 0.4) is 0 Å². The van der Waals surface area contributed by atoms with Crippen molar-refractivity contribution in [3.8, 4) is 0 Å². The Morgan fingerprint density at radius 1 is 0.706 bits per heavy atom. The normalized spacial score (nSPS) is 14.1. The Morgan fingerprint density at radius 2 is 0.882 bits per heavy atom. The summed E-state index contributed by atoms with van der Waals surface area (Å²) >= 11 is 0. The van der Waals surface area contributed by atoms with Gasteiger partial charge in [-0.1, -0.05) is 0 Å². The number of nitrogens with zero attached hydrogens (tertiary/aromatic N) is 3. The lowest BCUT2D eigenvalue weighted by Crippen LogP contribution is -2.26. The van der Waals surface area contributed by atoms with Gasteiger partial charge in [-0.15, -0.1) is 0 Å². The lowest BCUT2D eigenvalue weighted by atomic mass is 11.6. The molecule has 0 aromatic carbocycles. The zero-order chi connectivity index (χ0) is 14.0. The number of rotatable bonds is 6. The minimum absolute atomic E-state index is 0.203. The first-order valence-corrected chi connectivity index (χ1v) is 8.53. The molecule has 0 saturated heterocycles. The van der Waals surface area contributed by atoms with E-state index in [0.717, 1.165) is 0 Å². The Hall–Kier alpha value is 0.980. The second-order valence-electron chi connectivity index (χ2n) is 2.63. The number of hydrogen-bond acceptors (Lipinski definition) is 1. The molecular weight excluding hydrogens is 332 g/mol. The average molecular weight is 341 g/mol. The van der Waals surface area contributed by atoms with Gasteiger partial charge in [-0.3, -0.25) is 4.57 Å². The quantitative estimate of drug-likeness (QED) is 0.478. The maximum absolute atomic E-state index is 12.5. The monoisotopic (exact) mass is 341 g/mol. The van der Waals surface area contributed by atoms with Crippen molar-refractivity contribution in [2.75, 3.05) is 21.1 Å². The first-order chi connectivity index (χ1) is 7.56. The fourth-order valence-corrected chi connectivity index (χ4v) is 6.79. The topological polar surface area (TPSA) is 26.8 Å². The van der Waals surface area contributed by atoms with Gasteiger partial charge in [0.1, 0.15) is 0 Å². The molecule has 0 bridgehead atoms. The Morgan fingerprint density at radius 3 is 1.00 bits per heavy atom. The molecule has 0 N–H and O–H groups in total. The second kappa shape index (κ2) is 6.95. The van der Waals surface area contributed by atoms with E-state index in [2.05, 4.69) is 0 Å². The van der Waals surface area contributed by atoms with Gasteiger partial charge < -0.3 is 0 Å². The van der Waals surface area contributed by atoms with Crippen molar-refractivity contribution < 1.29 is 29.7 Å². The fourth-order valence-electron chi connectivity index (χ4n) is 0.826. The summed E-state index contributed by atoms with van der Waals surface area (Å²) in [5.74, 6) is 0. The molecule has 0 aliphatic heterocycles. The van der Waals surface area contributed by atoms with Gasteiger partial charge >= 0.3 is 33.7 Å². The van der Waals surface area contributed by atoms with Gasteiger partial charge in [-0.25, -0.2) is 0 Å². The summed E-state index contributed by atoms with van der Waals surface area (Å²) in [6, 6.07) is 0.